The lowest BCUT2D eigenvalue weighted by Crippen LogP contribution is -2.28. The van der Waals surface area contributed by atoms with Gasteiger partial charge < -0.3 is 9.84 Å². The van der Waals surface area contributed by atoms with E-state index in [1.165, 1.54) is 12.4 Å². The van der Waals surface area contributed by atoms with Crippen LogP contribution in [0.25, 0.3) is 0 Å². The fourth-order valence-electron chi connectivity index (χ4n) is 1.77. The van der Waals surface area contributed by atoms with Crippen LogP contribution in [-0.2, 0) is 9.53 Å². The number of hydrogen-bond donors (Lipinski definition) is 2. The van der Waals surface area contributed by atoms with Gasteiger partial charge in [0.25, 0.3) is 0 Å². The van der Waals surface area contributed by atoms with Gasteiger partial charge in [0.15, 0.2) is 0 Å². The third kappa shape index (κ3) is 5.37. The number of nitrogens with one attached hydrogen (secondary N) is 1. The fraction of sp³-hybridized carbons (Fsp3) is 0.571. The van der Waals surface area contributed by atoms with Crippen molar-refractivity contribution in [3.05, 3.63) is 18.0 Å². The van der Waals surface area contributed by atoms with Crippen LogP contribution < -0.4 is 5.32 Å². The van der Waals surface area contributed by atoms with Gasteiger partial charge in [-0.3, -0.25) is 10.1 Å². The lowest BCUT2D eigenvalue weighted by molar-refractivity contribution is -0.139. The molecule has 1 aromatic heterocycles. The monoisotopic (exact) mass is 295 g/mol. The molecular weight excluding hydrogens is 274 g/mol. The minimum absolute atomic E-state index is 0.0703. The standard InChI is InChI=1S/C14H21N3O4/c1-8(2)10(11(18)19)9-6-15-12(16-7-9)17-13(20)21-14(3,4)5/h6-8,10H,1-5H3,(H,18,19)(H,15,16,17,20). The second-order valence-corrected chi connectivity index (χ2v) is 6.03. The lowest BCUT2D eigenvalue weighted by Gasteiger charge is -2.19. The quantitative estimate of drug-likeness (QED) is 0.885. The number of rotatable bonds is 4. The van der Waals surface area contributed by atoms with Crippen molar-refractivity contribution in [1.29, 1.82) is 0 Å². The van der Waals surface area contributed by atoms with Crippen molar-refractivity contribution in [2.24, 2.45) is 5.92 Å². The maximum Gasteiger partial charge on any atom is 0.414 e. The summed E-state index contributed by atoms with van der Waals surface area (Å²) < 4.78 is 5.07. The molecule has 0 spiro atoms. The van der Waals surface area contributed by atoms with Gasteiger partial charge in [-0.2, -0.15) is 0 Å². The Morgan fingerprint density at radius 1 is 1.24 bits per heavy atom. The summed E-state index contributed by atoms with van der Waals surface area (Å²) in [5, 5.41) is 11.6. The molecule has 1 atom stereocenters. The molecule has 1 amide bonds. The first kappa shape index (κ1) is 16.9. The number of carboxylic acid groups (broad SMARTS) is 1. The van der Waals surface area contributed by atoms with E-state index in [1.807, 2.05) is 13.8 Å². The highest BCUT2D eigenvalue weighted by Crippen LogP contribution is 2.23. The van der Waals surface area contributed by atoms with Gasteiger partial charge in [-0.1, -0.05) is 13.8 Å². The van der Waals surface area contributed by atoms with Crippen molar-refractivity contribution in [3.8, 4) is 0 Å². The highest BCUT2D eigenvalue weighted by Gasteiger charge is 2.24. The largest absolute Gasteiger partial charge is 0.481 e. The van der Waals surface area contributed by atoms with Crippen LogP contribution in [0.4, 0.5) is 10.7 Å². The first-order valence-corrected chi connectivity index (χ1v) is 6.65. The molecule has 7 nitrogen and oxygen atoms in total. The van der Waals surface area contributed by atoms with Gasteiger partial charge in [-0.15, -0.1) is 0 Å². The molecule has 21 heavy (non-hydrogen) atoms. The van der Waals surface area contributed by atoms with Crippen molar-refractivity contribution < 1.29 is 19.4 Å². The number of carbonyl (C=O) groups excluding carboxylic acids is 1. The molecule has 1 rings (SSSR count). The number of ether oxygens (including phenoxy) is 1. The Bertz CT molecular complexity index is 506. The molecule has 0 aliphatic carbocycles. The van der Waals surface area contributed by atoms with Crippen molar-refractivity contribution >= 4 is 18.0 Å². The average molecular weight is 295 g/mol. The minimum atomic E-state index is -0.929. The van der Waals surface area contributed by atoms with Crippen LogP contribution in [0.15, 0.2) is 12.4 Å². The number of aromatic nitrogens is 2. The predicted molar refractivity (Wildman–Crippen MR) is 77.1 cm³/mol. The second kappa shape index (κ2) is 6.51. The zero-order valence-corrected chi connectivity index (χ0v) is 12.9. The first-order chi connectivity index (χ1) is 9.60. The summed E-state index contributed by atoms with van der Waals surface area (Å²) in [5.41, 5.74) is -0.122. The van der Waals surface area contributed by atoms with Crippen LogP contribution in [0.5, 0.6) is 0 Å². The van der Waals surface area contributed by atoms with Crippen LogP contribution >= 0.6 is 0 Å². The smallest absolute Gasteiger partial charge is 0.414 e. The number of amides is 1. The van der Waals surface area contributed by atoms with Gasteiger partial charge in [0, 0.05) is 18.0 Å². The van der Waals surface area contributed by atoms with Crippen molar-refractivity contribution in [1.82, 2.24) is 9.97 Å². The minimum Gasteiger partial charge on any atom is -0.481 e. The fourth-order valence-corrected chi connectivity index (χ4v) is 1.77. The van der Waals surface area contributed by atoms with E-state index in [4.69, 9.17) is 4.74 Å². The number of anilines is 1. The molecule has 0 radical (unpaired) electrons. The summed E-state index contributed by atoms with van der Waals surface area (Å²) in [5.74, 6) is -1.63. The lowest BCUT2D eigenvalue weighted by atomic mass is 9.90. The zero-order valence-electron chi connectivity index (χ0n) is 12.9. The molecule has 116 valence electrons. The van der Waals surface area contributed by atoms with Crippen LogP contribution in [0, 0.1) is 5.92 Å². The summed E-state index contributed by atoms with van der Waals surface area (Å²) in [6, 6.07) is 0. The third-order valence-corrected chi connectivity index (χ3v) is 2.58. The number of carboxylic acids is 1. The molecule has 0 saturated carbocycles. The zero-order chi connectivity index (χ0) is 16.2. The molecule has 0 aliphatic heterocycles. The van der Waals surface area contributed by atoms with E-state index >= 15 is 0 Å². The van der Waals surface area contributed by atoms with Crippen LogP contribution in [-0.4, -0.2) is 32.7 Å². The SMILES string of the molecule is CC(C)C(C(=O)O)c1cnc(NC(=O)OC(C)(C)C)nc1. The van der Waals surface area contributed by atoms with E-state index in [1.54, 1.807) is 20.8 Å². The molecular formula is C14H21N3O4. The van der Waals surface area contributed by atoms with Gasteiger partial charge in [0.05, 0.1) is 5.92 Å². The number of aliphatic carboxylic acids is 1. The molecule has 0 aromatic carbocycles. The summed E-state index contributed by atoms with van der Waals surface area (Å²) in [6.45, 7) is 8.86. The summed E-state index contributed by atoms with van der Waals surface area (Å²) >= 11 is 0. The molecule has 0 aliphatic rings. The molecule has 0 saturated heterocycles. The van der Waals surface area contributed by atoms with E-state index in [0.29, 0.717) is 5.56 Å². The molecule has 0 bridgehead atoms. The Labute approximate surface area is 123 Å². The summed E-state index contributed by atoms with van der Waals surface area (Å²) in [6.07, 6.45) is 2.14. The first-order valence-electron chi connectivity index (χ1n) is 6.65. The Kier molecular flexibility index (Phi) is 5.23. The van der Waals surface area contributed by atoms with Gasteiger partial charge in [-0.05, 0) is 26.7 Å². The summed E-state index contributed by atoms with van der Waals surface area (Å²) in [4.78, 5) is 30.7. The topological polar surface area (TPSA) is 101 Å². The van der Waals surface area contributed by atoms with E-state index in [9.17, 15) is 14.7 Å². The van der Waals surface area contributed by atoms with Crippen LogP contribution in [0.2, 0.25) is 0 Å². The molecule has 7 heteroatoms. The molecule has 1 unspecified atom stereocenters. The van der Waals surface area contributed by atoms with Gasteiger partial charge in [-0.25, -0.2) is 14.8 Å². The van der Waals surface area contributed by atoms with Crippen LogP contribution in [0.1, 0.15) is 46.1 Å². The average Bonchev–Trinajstić information content (AvgIpc) is 2.27. The predicted octanol–water partition coefficient (Wildman–Crippen LogP) is 2.65. The molecule has 0 fully saturated rings. The Hall–Kier alpha value is -2.18. The Morgan fingerprint density at radius 2 is 1.76 bits per heavy atom. The second-order valence-electron chi connectivity index (χ2n) is 6.03. The van der Waals surface area contributed by atoms with Crippen molar-refractivity contribution in [2.75, 3.05) is 5.32 Å². The van der Waals surface area contributed by atoms with Gasteiger partial charge in [0.1, 0.15) is 5.60 Å². The van der Waals surface area contributed by atoms with E-state index in [2.05, 4.69) is 15.3 Å². The van der Waals surface area contributed by atoms with Crippen molar-refractivity contribution in [3.63, 3.8) is 0 Å². The number of nitrogens with zero attached hydrogens (tertiary/aromatic N) is 2. The number of hydrogen-bond acceptors (Lipinski definition) is 5. The maximum atomic E-state index is 11.6. The van der Waals surface area contributed by atoms with Crippen LogP contribution in [0.3, 0.4) is 0 Å². The van der Waals surface area contributed by atoms with Gasteiger partial charge >= 0.3 is 12.1 Å². The highest BCUT2D eigenvalue weighted by molar-refractivity contribution is 5.82. The number of carbonyl (C=O) groups is 2. The molecule has 1 heterocycles. The maximum absolute atomic E-state index is 11.6. The van der Waals surface area contributed by atoms with E-state index in [-0.39, 0.29) is 11.9 Å². The molecule has 2 N–H and O–H groups in total. The van der Waals surface area contributed by atoms with Crippen molar-refractivity contribution in [2.45, 2.75) is 46.1 Å². The van der Waals surface area contributed by atoms with E-state index < -0.39 is 23.6 Å². The normalized spacial score (nSPS) is 12.9. The Morgan fingerprint density at radius 3 is 2.14 bits per heavy atom. The third-order valence-electron chi connectivity index (χ3n) is 2.58. The van der Waals surface area contributed by atoms with Gasteiger partial charge in [0.2, 0.25) is 5.95 Å². The summed E-state index contributed by atoms with van der Waals surface area (Å²) in [7, 11) is 0. The molecule has 1 aromatic rings. The van der Waals surface area contributed by atoms with E-state index in [0.717, 1.165) is 0 Å². The highest BCUT2D eigenvalue weighted by atomic mass is 16.6. The Balaban J connectivity index is 2.78.